The summed E-state index contributed by atoms with van der Waals surface area (Å²) in [5.74, 6) is -0.0284. The minimum atomic E-state index is -3.50. The third kappa shape index (κ3) is 3.13. The fourth-order valence-corrected chi connectivity index (χ4v) is 6.20. The molecular weight excluding hydrogens is 392 g/mol. The molecule has 0 bridgehead atoms. The zero-order valence-corrected chi connectivity index (χ0v) is 17.5. The van der Waals surface area contributed by atoms with Gasteiger partial charge in [0.2, 0.25) is 10.0 Å². The SMILES string of the molecule is CCN(CC)S(=O)(=O)c1ccc2c(c1)CCN2C(=O)c1cc2ccccc2s1. The topological polar surface area (TPSA) is 57.7 Å². The van der Waals surface area contributed by atoms with E-state index in [1.807, 2.05) is 44.2 Å². The number of carbonyl (C=O) groups excluding carboxylic acids is 1. The summed E-state index contributed by atoms with van der Waals surface area (Å²) in [5.41, 5.74) is 1.71. The number of hydrogen-bond donors (Lipinski definition) is 0. The van der Waals surface area contributed by atoms with Gasteiger partial charge in [0.1, 0.15) is 0 Å². The van der Waals surface area contributed by atoms with Gasteiger partial charge in [-0.25, -0.2) is 8.42 Å². The summed E-state index contributed by atoms with van der Waals surface area (Å²) in [6.45, 7) is 5.11. The Hall–Kier alpha value is -2.22. The number of fused-ring (bicyclic) bond motifs is 2. The van der Waals surface area contributed by atoms with Crippen LogP contribution in [0.25, 0.3) is 10.1 Å². The summed E-state index contributed by atoms with van der Waals surface area (Å²) >= 11 is 1.49. The van der Waals surface area contributed by atoms with E-state index in [1.165, 1.54) is 15.6 Å². The smallest absolute Gasteiger partial charge is 0.268 e. The van der Waals surface area contributed by atoms with Crippen LogP contribution in [-0.4, -0.2) is 38.3 Å². The second-order valence-electron chi connectivity index (χ2n) is 6.74. The molecule has 0 saturated heterocycles. The van der Waals surface area contributed by atoms with Crippen molar-refractivity contribution in [3.8, 4) is 0 Å². The molecule has 0 atom stereocenters. The molecule has 2 aromatic carbocycles. The van der Waals surface area contributed by atoms with E-state index in [4.69, 9.17) is 0 Å². The fourth-order valence-electron chi connectivity index (χ4n) is 3.68. The molecular formula is C21H22N2O3S2. The molecule has 0 spiro atoms. The van der Waals surface area contributed by atoms with Crippen molar-refractivity contribution >= 4 is 43.0 Å². The van der Waals surface area contributed by atoms with Gasteiger partial charge in [-0.2, -0.15) is 4.31 Å². The van der Waals surface area contributed by atoms with Crippen LogP contribution >= 0.6 is 11.3 Å². The normalized spacial score (nSPS) is 14.0. The van der Waals surface area contributed by atoms with Gasteiger partial charge in [-0.1, -0.05) is 32.0 Å². The van der Waals surface area contributed by atoms with Crippen LogP contribution in [0.3, 0.4) is 0 Å². The van der Waals surface area contributed by atoms with Gasteiger partial charge in [0.25, 0.3) is 5.91 Å². The molecule has 0 fully saturated rings. The van der Waals surface area contributed by atoms with E-state index in [9.17, 15) is 13.2 Å². The number of anilines is 1. The molecule has 0 unspecified atom stereocenters. The van der Waals surface area contributed by atoms with Gasteiger partial charge in [-0.3, -0.25) is 4.79 Å². The lowest BCUT2D eigenvalue weighted by molar-refractivity contribution is 0.0993. The van der Waals surface area contributed by atoms with E-state index in [-0.39, 0.29) is 5.91 Å². The van der Waals surface area contributed by atoms with Crippen molar-refractivity contribution in [1.82, 2.24) is 4.31 Å². The second-order valence-corrected chi connectivity index (χ2v) is 9.76. The van der Waals surface area contributed by atoms with Crippen LogP contribution < -0.4 is 4.90 Å². The van der Waals surface area contributed by atoms with Crippen molar-refractivity contribution in [3.05, 3.63) is 59.0 Å². The zero-order valence-electron chi connectivity index (χ0n) is 15.9. The average molecular weight is 415 g/mol. The van der Waals surface area contributed by atoms with E-state index < -0.39 is 10.0 Å². The Morgan fingerprint density at radius 2 is 1.86 bits per heavy atom. The molecule has 3 aromatic rings. The Kier molecular flexibility index (Phi) is 4.99. The summed E-state index contributed by atoms with van der Waals surface area (Å²) in [6.07, 6.45) is 0.660. The number of hydrogen-bond acceptors (Lipinski definition) is 4. The first-order chi connectivity index (χ1) is 13.5. The Balaban J connectivity index is 1.65. The Labute approximate surface area is 169 Å². The standard InChI is InChI=1S/C21H22N2O3S2/c1-3-22(4-2)28(25,26)17-9-10-18-15(13-17)11-12-23(18)21(24)20-14-16-7-5-6-8-19(16)27-20/h5-10,13-14H,3-4,11-12H2,1-2H3. The molecule has 1 aliphatic rings. The quantitative estimate of drug-likeness (QED) is 0.631. The summed E-state index contributed by atoms with van der Waals surface area (Å²) in [4.78, 5) is 15.8. The summed E-state index contributed by atoms with van der Waals surface area (Å²) < 4.78 is 28.1. The zero-order chi connectivity index (χ0) is 19.9. The number of thiophene rings is 1. The van der Waals surface area contributed by atoms with Gasteiger partial charge in [-0.05, 0) is 47.7 Å². The molecule has 7 heteroatoms. The Morgan fingerprint density at radius 3 is 2.57 bits per heavy atom. The third-order valence-electron chi connectivity index (χ3n) is 5.17. The molecule has 28 heavy (non-hydrogen) atoms. The van der Waals surface area contributed by atoms with Crippen LogP contribution in [0.5, 0.6) is 0 Å². The first-order valence-corrected chi connectivity index (χ1v) is 11.6. The lowest BCUT2D eigenvalue weighted by Crippen LogP contribution is -2.30. The predicted octanol–water partition coefficient (Wildman–Crippen LogP) is 4.13. The van der Waals surface area contributed by atoms with Crippen molar-refractivity contribution in [3.63, 3.8) is 0 Å². The maximum absolute atomic E-state index is 13.1. The second kappa shape index (κ2) is 7.31. The first-order valence-electron chi connectivity index (χ1n) is 9.39. The molecule has 5 nitrogen and oxygen atoms in total. The third-order valence-corrected chi connectivity index (χ3v) is 8.32. The number of carbonyl (C=O) groups is 1. The van der Waals surface area contributed by atoms with E-state index in [0.29, 0.717) is 35.8 Å². The fraction of sp³-hybridized carbons (Fsp3) is 0.286. The largest absolute Gasteiger partial charge is 0.307 e. The van der Waals surface area contributed by atoms with Gasteiger partial charge in [0.05, 0.1) is 9.77 Å². The van der Waals surface area contributed by atoms with E-state index >= 15 is 0 Å². The van der Waals surface area contributed by atoms with Gasteiger partial charge in [0, 0.05) is 30.0 Å². The molecule has 1 amide bonds. The predicted molar refractivity (Wildman–Crippen MR) is 114 cm³/mol. The molecule has 0 saturated carbocycles. The number of nitrogens with zero attached hydrogens (tertiary/aromatic N) is 2. The van der Waals surface area contributed by atoms with Gasteiger partial charge in [-0.15, -0.1) is 11.3 Å². The van der Waals surface area contributed by atoms with Gasteiger partial charge >= 0.3 is 0 Å². The highest BCUT2D eigenvalue weighted by molar-refractivity contribution is 7.89. The van der Waals surface area contributed by atoms with Crippen LogP contribution in [0.15, 0.2) is 53.4 Å². The number of rotatable bonds is 5. The molecule has 2 heterocycles. The highest BCUT2D eigenvalue weighted by Gasteiger charge is 2.29. The van der Waals surface area contributed by atoms with E-state index in [2.05, 4.69) is 0 Å². The number of sulfonamides is 1. The minimum Gasteiger partial charge on any atom is -0.307 e. The molecule has 4 rings (SSSR count). The highest BCUT2D eigenvalue weighted by Crippen LogP contribution is 2.34. The van der Waals surface area contributed by atoms with Crippen LogP contribution in [0.4, 0.5) is 5.69 Å². The number of benzene rings is 2. The molecule has 146 valence electrons. The van der Waals surface area contributed by atoms with Crippen LogP contribution in [0.1, 0.15) is 29.1 Å². The molecule has 0 N–H and O–H groups in total. The van der Waals surface area contributed by atoms with Crippen molar-refractivity contribution < 1.29 is 13.2 Å². The lowest BCUT2D eigenvalue weighted by atomic mass is 10.2. The summed E-state index contributed by atoms with van der Waals surface area (Å²) in [5, 5.41) is 1.07. The van der Waals surface area contributed by atoms with E-state index in [1.54, 1.807) is 23.1 Å². The van der Waals surface area contributed by atoms with Crippen LogP contribution in [-0.2, 0) is 16.4 Å². The number of amides is 1. The van der Waals surface area contributed by atoms with E-state index in [0.717, 1.165) is 21.3 Å². The van der Waals surface area contributed by atoms with Gasteiger partial charge in [0.15, 0.2) is 0 Å². The monoisotopic (exact) mass is 414 g/mol. The molecule has 0 radical (unpaired) electrons. The van der Waals surface area contributed by atoms with Crippen molar-refractivity contribution in [1.29, 1.82) is 0 Å². The van der Waals surface area contributed by atoms with Crippen molar-refractivity contribution in [2.24, 2.45) is 0 Å². The Morgan fingerprint density at radius 1 is 1.11 bits per heavy atom. The van der Waals surface area contributed by atoms with Crippen LogP contribution in [0, 0.1) is 0 Å². The maximum Gasteiger partial charge on any atom is 0.268 e. The van der Waals surface area contributed by atoms with Crippen LogP contribution in [0.2, 0.25) is 0 Å². The van der Waals surface area contributed by atoms with Gasteiger partial charge < -0.3 is 4.90 Å². The Bertz CT molecular complexity index is 1110. The van der Waals surface area contributed by atoms with Crippen molar-refractivity contribution in [2.75, 3.05) is 24.5 Å². The lowest BCUT2D eigenvalue weighted by Gasteiger charge is -2.20. The minimum absolute atomic E-state index is 0.0284. The molecule has 1 aliphatic heterocycles. The molecule has 0 aliphatic carbocycles. The summed E-state index contributed by atoms with van der Waals surface area (Å²) in [7, 11) is -3.50. The first kappa shape index (κ1) is 19.1. The average Bonchev–Trinajstić information content (AvgIpc) is 3.31. The maximum atomic E-state index is 13.1. The summed E-state index contributed by atoms with van der Waals surface area (Å²) in [6, 6.07) is 15.0. The molecule has 1 aromatic heterocycles. The highest BCUT2D eigenvalue weighted by atomic mass is 32.2. The van der Waals surface area contributed by atoms with Crippen molar-refractivity contribution in [2.45, 2.75) is 25.2 Å².